The molecule has 0 atom stereocenters. The Bertz CT molecular complexity index is 507. The molecule has 1 fully saturated rings. The lowest BCUT2D eigenvalue weighted by Crippen LogP contribution is -2.47. The fourth-order valence-corrected chi connectivity index (χ4v) is 2.14. The van der Waals surface area contributed by atoms with E-state index in [0.29, 0.717) is 37.3 Å². The van der Waals surface area contributed by atoms with E-state index in [-0.39, 0.29) is 18.4 Å². The molecule has 1 saturated heterocycles. The van der Waals surface area contributed by atoms with Gasteiger partial charge >= 0.3 is 6.03 Å². The normalized spacial score (nSPS) is 17.0. The summed E-state index contributed by atoms with van der Waals surface area (Å²) in [4.78, 5) is 22.9. The van der Waals surface area contributed by atoms with Crippen molar-refractivity contribution in [2.75, 3.05) is 25.1 Å². The van der Waals surface area contributed by atoms with Crippen molar-refractivity contribution < 1.29 is 19.4 Å². The average molecular weight is 292 g/mol. The van der Waals surface area contributed by atoms with E-state index in [1.165, 1.54) is 6.92 Å². The van der Waals surface area contributed by atoms with Crippen LogP contribution in [-0.2, 0) is 4.74 Å². The molecule has 6 heteroatoms. The number of urea groups is 1. The largest absolute Gasteiger partial charge is 0.388 e. The summed E-state index contributed by atoms with van der Waals surface area (Å²) in [5.74, 6) is -0.0206. The van der Waals surface area contributed by atoms with Gasteiger partial charge in [-0.05, 0) is 31.2 Å². The molecule has 1 aromatic carbocycles. The number of amides is 2. The predicted octanol–water partition coefficient (Wildman–Crippen LogP) is 1.55. The zero-order chi connectivity index (χ0) is 15.3. The zero-order valence-electron chi connectivity index (χ0n) is 12.0. The summed E-state index contributed by atoms with van der Waals surface area (Å²) in [7, 11) is 0. The minimum Gasteiger partial charge on any atom is -0.388 e. The molecule has 1 aromatic rings. The number of carbonyl (C=O) groups excluding carboxylic acids is 2. The summed E-state index contributed by atoms with van der Waals surface area (Å²) < 4.78 is 5.18. The molecule has 0 aliphatic carbocycles. The van der Waals surface area contributed by atoms with E-state index in [2.05, 4.69) is 10.6 Å². The highest BCUT2D eigenvalue weighted by Crippen LogP contribution is 2.19. The lowest BCUT2D eigenvalue weighted by Gasteiger charge is -2.32. The van der Waals surface area contributed by atoms with Crippen LogP contribution in [0.5, 0.6) is 0 Å². The van der Waals surface area contributed by atoms with Gasteiger partial charge in [-0.3, -0.25) is 4.79 Å². The van der Waals surface area contributed by atoms with E-state index in [0.717, 1.165) is 0 Å². The molecule has 1 heterocycles. The third-order valence-corrected chi connectivity index (χ3v) is 3.55. The summed E-state index contributed by atoms with van der Waals surface area (Å²) >= 11 is 0. The van der Waals surface area contributed by atoms with Crippen LogP contribution in [0.4, 0.5) is 10.5 Å². The highest BCUT2D eigenvalue weighted by atomic mass is 16.5. The molecule has 2 amide bonds. The Morgan fingerprint density at radius 3 is 2.43 bits per heavy atom. The molecule has 1 aliphatic rings. The second kappa shape index (κ2) is 6.69. The van der Waals surface area contributed by atoms with Crippen molar-refractivity contribution in [3.8, 4) is 0 Å². The van der Waals surface area contributed by atoms with Gasteiger partial charge in [-0.1, -0.05) is 0 Å². The third kappa shape index (κ3) is 4.54. The van der Waals surface area contributed by atoms with Gasteiger partial charge in [-0.25, -0.2) is 4.79 Å². The smallest absolute Gasteiger partial charge is 0.319 e. The number of hydrogen-bond donors (Lipinski definition) is 3. The Labute approximate surface area is 123 Å². The first-order valence-corrected chi connectivity index (χ1v) is 6.94. The number of ether oxygens (including phenoxy) is 1. The molecule has 0 saturated carbocycles. The van der Waals surface area contributed by atoms with Crippen LogP contribution in [-0.4, -0.2) is 42.3 Å². The Hall–Kier alpha value is -1.92. The van der Waals surface area contributed by atoms with Crippen LogP contribution in [0.15, 0.2) is 24.3 Å². The second-order valence-corrected chi connectivity index (χ2v) is 5.28. The van der Waals surface area contributed by atoms with Crippen molar-refractivity contribution in [1.82, 2.24) is 5.32 Å². The lowest BCUT2D eigenvalue weighted by molar-refractivity contribution is -0.0598. The molecule has 1 aliphatic heterocycles. The van der Waals surface area contributed by atoms with Crippen LogP contribution in [0.2, 0.25) is 0 Å². The van der Waals surface area contributed by atoms with Gasteiger partial charge < -0.3 is 20.5 Å². The SMILES string of the molecule is CC(=O)c1ccc(NC(=O)NCC2(O)CCOCC2)cc1. The van der Waals surface area contributed by atoms with Crippen molar-refractivity contribution in [1.29, 1.82) is 0 Å². The predicted molar refractivity (Wildman–Crippen MR) is 78.5 cm³/mol. The van der Waals surface area contributed by atoms with Gasteiger partial charge in [-0.15, -0.1) is 0 Å². The molecule has 0 spiro atoms. The first kappa shape index (κ1) is 15.5. The highest BCUT2D eigenvalue weighted by molar-refractivity contribution is 5.95. The van der Waals surface area contributed by atoms with Crippen LogP contribution in [0.3, 0.4) is 0 Å². The quantitative estimate of drug-likeness (QED) is 0.735. The van der Waals surface area contributed by atoms with Crippen molar-refractivity contribution in [3.05, 3.63) is 29.8 Å². The van der Waals surface area contributed by atoms with Crippen molar-refractivity contribution in [3.63, 3.8) is 0 Å². The van der Waals surface area contributed by atoms with Crippen LogP contribution < -0.4 is 10.6 Å². The molecule has 0 aromatic heterocycles. The van der Waals surface area contributed by atoms with E-state index in [9.17, 15) is 14.7 Å². The summed E-state index contributed by atoms with van der Waals surface area (Å²) in [5, 5.41) is 15.5. The van der Waals surface area contributed by atoms with Gasteiger partial charge in [0, 0.05) is 43.9 Å². The number of rotatable bonds is 4. The summed E-state index contributed by atoms with van der Waals surface area (Å²) in [5.41, 5.74) is 0.294. The molecule has 3 N–H and O–H groups in total. The monoisotopic (exact) mass is 292 g/mol. The minimum atomic E-state index is -0.895. The molecular formula is C15H20N2O4. The molecule has 21 heavy (non-hydrogen) atoms. The first-order chi connectivity index (χ1) is 9.98. The van der Waals surface area contributed by atoms with Gasteiger partial charge in [0.2, 0.25) is 0 Å². The molecular weight excluding hydrogens is 272 g/mol. The standard InChI is InChI=1S/C15H20N2O4/c1-11(18)12-2-4-13(5-3-12)17-14(19)16-10-15(20)6-8-21-9-7-15/h2-5,20H,6-10H2,1H3,(H2,16,17,19). The topological polar surface area (TPSA) is 87.7 Å². The van der Waals surface area contributed by atoms with Gasteiger partial charge in [0.05, 0.1) is 5.60 Å². The molecule has 0 radical (unpaired) electrons. The van der Waals surface area contributed by atoms with Crippen molar-refractivity contribution in [2.24, 2.45) is 0 Å². The molecule has 2 rings (SSSR count). The van der Waals surface area contributed by atoms with E-state index in [1.807, 2.05) is 0 Å². The molecule has 0 unspecified atom stereocenters. The summed E-state index contributed by atoms with van der Waals surface area (Å²) in [6, 6.07) is 6.26. The summed E-state index contributed by atoms with van der Waals surface area (Å²) in [6.07, 6.45) is 1.03. The molecule has 6 nitrogen and oxygen atoms in total. The maximum Gasteiger partial charge on any atom is 0.319 e. The van der Waals surface area contributed by atoms with Crippen molar-refractivity contribution in [2.45, 2.75) is 25.4 Å². The Balaban J connectivity index is 1.82. The number of aliphatic hydroxyl groups is 1. The second-order valence-electron chi connectivity index (χ2n) is 5.28. The van der Waals surface area contributed by atoms with Gasteiger partial charge in [-0.2, -0.15) is 0 Å². The lowest BCUT2D eigenvalue weighted by atomic mass is 9.94. The number of carbonyl (C=O) groups is 2. The van der Waals surface area contributed by atoms with Crippen LogP contribution in [0.1, 0.15) is 30.1 Å². The number of nitrogens with one attached hydrogen (secondary N) is 2. The average Bonchev–Trinajstić information content (AvgIpc) is 2.47. The number of ketones is 1. The minimum absolute atomic E-state index is 0.0206. The van der Waals surface area contributed by atoms with Gasteiger partial charge in [0.15, 0.2) is 5.78 Å². The van der Waals surface area contributed by atoms with Gasteiger partial charge in [0.1, 0.15) is 0 Å². The third-order valence-electron chi connectivity index (χ3n) is 3.55. The van der Waals surface area contributed by atoms with E-state index in [1.54, 1.807) is 24.3 Å². The maximum absolute atomic E-state index is 11.8. The van der Waals surface area contributed by atoms with Crippen LogP contribution in [0.25, 0.3) is 0 Å². The number of Topliss-reactive ketones (excluding diaryl/α,β-unsaturated/α-hetero) is 1. The van der Waals surface area contributed by atoms with Crippen LogP contribution in [0, 0.1) is 0 Å². The Morgan fingerprint density at radius 2 is 1.86 bits per heavy atom. The zero-order valence-corrected chi connectivity index (χ0v) is 12.0. The number of benzene rings is 1. The first-order valence-electron chi connectivity index (χ1n) is 6.94. The maximum atomic E-state index is 11.8. The Kier molecular flexibility index (Phi) is 4.93. The fraction of sp³-hybridized carbons (Fsp3) is 0.467. The number of anilines is 1. The van der Waals surface area contributed by atoms with Crippen molar-refractivity contribution >= 4 is 17.5 Å². The van der Waals surface area contributed by atoms with E-state index >= 15 is 0 Å². The molecule has 114 valence electrons. The van der Waals surface area contributed by atoms with Gasteiger partial charge in [0.25, 0.3) is 0 Å². The Morgan fingerprint density at radius 1 is 1.24 bits per heavy atom. The van der Waals surface area contributed by atoms with Crippen LogP contribution >= 0.6 is 0 Å². The van der Waals surface area contributed by atoms with E-state index in [4.69, 9.17) is 4.74 Å². The van der Waals surface area contributed by atoms with E-state index < -0.39 is 5.60 Å². The highest BCUT2D eigenvalue weighted by Gasteiger charge is 2.30. The number of hydrogen-bond acceptors (Lipinski definition) is 4. The summed E-state index contributed by atoms with van der Waals surface area (Å²) in [6.45, 7) is 2.69. The fourth-order valence-electron chi connectivity index (χ4n) is 2.14. The molecule has 0 bridgehead atoms.